The third-order valence-corrected chi connectivity index (χ3v) is 4.98. The van der Waals surface area contributed by atoms with Gasteiger partial charge in [0.05, 0.1) is 0 Å². The van der Waals surface area contributed by atoms with Gasteiger partial charge in [-0.3, -0.25) is 0 Å². The molecule has 4 aromatic rings. The van der Waals surface area contributed by atoms with Crippen LogP contribution in [0, 0.1) is 0 Å². The maximum absolute atomic E-state index is 11.0. The predicted molar refractivity (Wildman–Crippen MR) is 110 cm³/mol. The van der Waals surface area contributed by atoms with Crippen LogP contribution in [-0.4, -0.2) is 20.8 Å². The van der Waals surface area contributed by atoms with Gasteiger partial charge in [0.2, 0.25) is 0 Å². The number of ether oxygens (including phenoxy) is 1. The Kier molecular flexibility index (Phi) is 5.12. The van der Waals surface area contributed by atoms with E-state index in [4.69, 9.17) is 9.84 Å². The van der Waals surface area contributed by atoms with E-state index in [1.54, 1.807) is 6.20 Å². The highest BCUT2D eigenvalue weighted by Gasteiger charge is 2.39. The van der Waals surface area contributed by atoms with E-state index in [0.717, 1.165) is 16.7 Å². The van der Waals surface area contributed by atoms with E-state index in [1.165, 1.54) is 0 Å². The summed E-state index contributed by atoms with van der Waals surface area (Å²) in [5, 5.41) is 9.00. The van der Waals surface area contributed by atoms with Crippen LogP contribution in [0.5, 0.6) is 0 Å². The van der Waals surface area contributed by atoms with E-state index >= 15 is 0 Å². The lowest BCUT2D eigenvalue weighted by Gasteiger charge is -2.38. The Balaban J connectivity index is 2.05. The molecule has 1 aromatic heterocycles. The van der Waals surface area contributed by atoms with Gasteiger partial charge >= 0.3 is 6.16 Å². The molecule has 0 atom stereocenters. The lowest BCUT2D eigenvalue weighted by Crippen LogP contribution is -2.38. The Hall–Kier alpha value is -3.86. The zero-order valence-electron chi connectivity index (χ0n) is 15.7. The second kappa shape index (κ2) is 8.02. The third kappa shape index (κ3) is 3.38. The van der Waals surface area contributed by atoms with Crippen LogP contribution in [0.2, 0.25) is 0 Å². The molecule has 29 heavy (non-hydrogen) atoms. The number of rotatable bonds is 6. The third-order valence-electron chi connectivity index (χ3n) is 4.98. The second-order valence-corrected chi connectivity index (χ2v) is 6.58. The highest BCUT2D eigenvalue weighted by molar-refractivity contribution is 5.57. The van der Waals surface area contributed by atoms with Crippen molar-refractivity contribution in [3.63, 3.8) is 0 Å². The average Bonchev–Trinajstić information content (AvgIpc) is 3.24. The first-order chi connectivity index (χ1) is 14.2. The van der Waals surface area contributed by atoms with Crippen LogP contribution in [0.1, 0.15) is 22.5 Å². The predicted octanol–water partition coefficient (Wildman–Crippen LogP) is 4.92. The van der Waals surface area contributed by atoms with Gasteiger partial charge in [0.25, 0.3) is 0 Å². The molecule has 0 unspecified atom stereocenters. The van der Waals surface area contributed by atoms with Gasteiger partial charge in [-0.1, -0.05) is 91.0 Å². The zero-order chi connectivity index (χ0) is 20.1. The Morgan fingerprint density at radius 3 is 1.69 bits per heavy atom. The second-order valence-electron chi connectivity index (χ2n) is 6.58. The monoisotopic (exact) mass is 384 g/mol. The fourth-order valence-electron chi connectivity index (χ4n) is 3.83. The van der Waals surface area contributed by atoms with E-state index in [2.05, 4.69) is 41.4 Å². The molecular formula is C24H20N2O3. The normalized spacial score (nSPS) is 11.2. The Bertz CT molecular complexity index is 980. The summed E-state index contributed by atoms with van der Waals surface area (Å²) in [5.74, 6) is 0.518. The number of imidazole rings is 1. The van der Waals surface area contributed by atoms with Gasteiger partial charge in [0.15, 0.2) is 6.61 Å². The molecule has 5 heteroatoms. The summed E-state index contributed by atoms with van der Waals surface area (Å²) in [6.07, 6.45) is 2.21. The van der Waals surface area contributed by atoms with E-state index < -0.39 is 11.7 Å². The van der Waals surface area contributed by atoms with Crippen LogP contribution < -0.4 is 0 Å². The molecule has 0 radical (unpaired) electrons. The molecule has 5 nitrogen and oxygen atoms in total. The lowest BCUT2D eigenvalue weighted by molar-refractivity contribution is 0.0815. The standard InChI is InChI=1S/C24H20N2O3/c27-23(28)29-18-22-25-16-17-26(22)24(19-10-4-1-5-11-19,20-12-6-2-7-13-20)21-14-8-3-9-15-21/h1-17H,18H2,(H,27,28). The Morgan fingerprint density at radius 1 is 0.828 bits per heavy atom. The molecule has 0 spiro atoms. The Labute approximate surface area is 168 Å². The topological polar surface area (TPSA) is 64.3 Å². The number of hydrogen-bond donors (Lipinski definition) is 1. The van der Waals surface area contributed by atoms with Gasteiger partial charge < -0.3 is 14.4 Å². The maximum atomic E-state index is 11.0. The summed E-state index contributed by atoms with van der Waals surface area (Å²) in [5.41, 5.74) is 2.36. The van der Waals surface area contributed by atoms with Crippen LogP contribution in [0.25, 0.3) is 0 Å². The van der Waals surface area contributed by atoms with Gasteiger partial charge in [-0.15, -0.1) is 0 Å². The minimum atomic E-state index is -1.33. The van der Waals surface area contributed by atoms with Crippen LogP contribution in [0.4, 0.5) is 4.79 Å². The van der Waals surface area contributed by atoms with Crippen molar-refractivity contribution in [3.05, 3.63) is 126 Å². The number of aromatic nitrogens is 2. The van der Waals surface area contributed by atoms with Crippen LogP contribution >= 0.6 is 0 Å². The maximum Gasteiger partial charge on any atom is 0.506 e. The van der Waals surface area contributed by atoms with E-state index in [0.29, 0.717) is 5.82 Å². The molecule has 0 saturated carbocycles. The summed E-state index contributed by atoms with van der Waals surface area (Å²) in [6, 6.07) is 30.4. The molecule has 3 aromatic carbocycles. The minimum absolute atomic E-state index is 0.142. The van der Waals surface area contributed by atoms with Crippen molar-refractivity contribution in [1.29, 1.82) is 0 Å². The summed E-state index contributed by atoms with van der Waals surface area (Å²) in [4.78, 5) is 15.4. The molecule has 0 fully saturated rings. The number of nitrogens with zero attached hydrogens (tertiary/aromatic N) is 2. The van der Waals surface area contributed by atoms with Crippen LogP contribution in [0.3, 0.4) is 0 Å². The first kappa shape index (κ1) is 18.5. The SMILES string of the molecule is O=C(O)OCc1nccn1C(c1ccccc1)(c1ccccc1)c1ccccc1. The number of carboxylic acid groups (broad SMARTS) is 1. The van der Waals surface area contributed by atoms with Crippen LogP contribution in [-0.2, 0) is 16.9 Å². The van der Waals surface area contributed by atoms with Crippen LogP contribution in [0.15, 0.2) is 103 Å². The molecule has 0 aliphatic heterocycles. The summed E-state index contributed by atoms with van der Waals surface area (Å²) in [6.45, 7) is -0.142. The Morgan fingerprint density at radius 2 is 1.28 bits per heavy atom. The lowest BCUT2D eigenvalue weighted by atomic mass is 9.76. The van der Waals surface area contributed by atoms with E-state index in [1.807, 2.05) is 65.4 Å². The summed E-state index contributed by atoms with van der Waals surface area (Å²) >= 11 is 0. The van der Waals surface area contributed by atoms with Crippen molar-refractivity contribution in [2.45, 2.75) is 12.1 Å². The van der Waals surface area contributed by atoms with Gasteiger partial charge in [0, 0.05) is 12.4 Å². The number of hydrogen-bond acceptors (Lipinski definition) is 3. The fraction of sp³-hybridized carbons (Fsp3) is 0.0833. The van der Waals surface area contributed by atoms with Crippen molar-refractivity contribution in [1.82, 2.24) is 9.55 Å². The fourth-order valence-corrected chi connectivity index (χ4v) is 3.83. The molecule has 0 aliphatic carbocycles. The highest BCUT2D eigenvalue weighted by atomic mass is 16.7. The first-order valence-corrected chi connectivity index (χ1v) is 9.28. The minimum Gasteiger partial charge on any atom is -0.450 e. The first-order valence-electron chi connectivity index (χ1n) is 9.28. The van der Waals surface area contributed by atoms with E-state index in [-0.39, 0.29) is 6.61 Å². The van der Waals surface area contributed by atoms with Gasteiger partial charge in [-0.25, -0.2) is 9.78 Å². The summed E-state index contributed by atoms with van der Waals surface area (Å²) < 4.78 is 6.86. The largest absolute Gasteiger partial charge is 0.506 e. The highest BCUT2D eigenvalue weighted by Crippen LogP contribution is 2.41. The smallest absolute Gasteiger partial charge is 0.450 e. The molecule has 0 amide bonds. The molecule has 1 N–H and O–H groups in total. The number of benzene rings is 3. The van der Waals surface area contributed by atoms with Crippen molar-refractivity contribution in [3.8, 4) is 0 Å². The molecular weight excluding hydrogens is 364 g/mol. The molecule has 0 saturated heterocycles. The molecule has 0 bridgehead atoms. The van der Waals surface area contributed by atoms with E-state index in [9.17, 15) is 4.79 Å². The number of carbonyl (C=O) groups is 1. The van der Waals surface area contributed by atoms with Crippen molar-refractivity contribution in [2.75, 3.05) is 0 Å². The zero-order valence-corrected chi connectivity index (χ0v) is 15.7. The summed E-state index contributed by atoms with van der Waals surface area (Å²) in [7, 11) is 0. The van der Waals surface area contributed by atoms with Crippen molar-refractivity contribution in [2.24, 2.45) is 0 Å². The molecule has 1 heterocycles. The van der Waals surface area contributed by atoms with Gasteiger partial charge in [-0.05, 0) is 16.7 Å². The molecule has 4 rings (SSSR count). The molecule has 144 valence electrons. The van der Waals surface area contributed by atoms with Crippen molar-refractivity contribution >= 4 is 6.16 Å². The average molecular weight is 384 g/mol. The van der Waals surface area contributed by atoms with Crippen molar-refractivity contribution < 1.29 is 14.6 Å². The van der Waals surface area contributed by atoms with Gasteiger partial charge in [0.1, 0.15) is 11.4 Å². The quantitative estimate of drug-likeness (QED) is 0.379. The van der Waals surface area contributed by atoms with Gasteiger partial charge in [-0.2, -0.15) is 0 Å². The molecule has 0 aliphatic rings.